The summed E-state index contributed by atoms with van der Waals surface area (Å²) in [6.07, 6.45) is 5.49. The van der Waals surface area contributed by atoms with Crippen molar-refractivity contribution >= 4 is 11.6 Å². The molecule has 1 spiro atoms. The standard InChI is InChI=1S/C18H26ClN/c1-13-5-4-8-18(14(13)2)9-10-20-12-17(18)15-6-3-7-16(19)11-15/h3,6-7,11,13-14,17,20H,4-5,8-10,12H2,1-2H3. The van der Waals surface area contributed by atoms with Crippen LogP contribution in [0.1, 0.15) is 51.0 Å². The van der Waals surface area contributed by atoms with Crippen LogP contribution < -0.4 is 5.32 Å². The Morgan fingerprint density at radius 2 is 2.10 bits per heavy atom. The van der Waals surface area contributed by atoms with Gasteiger partial charge in [-0.3, -0.25) is 0 Å². The molecule has 1 saturated heterocycles. The van der Waals surface area contributed by atoms with Gasteiger partial charge in [-0.25, -0.2) is 0 Å². The third-order valence-corrected chi connectivity index (χ3v) is 6.36. The topological polar surface area (TPSA) is 12.0 Å². The highest BCUT2D eigenvalue weighted by atomic mass is 35.5. The van der Waals surface area contributed by atoms with Gasteiger partial charge in [0, 0.05) is 17.5 Å². The van der Waals surface area contributed by atoms with Gasteiger partial charge in [-0.2, -0.15) is 0 Å². The molecule has 0 bridgehead atoms. The zero-order chi connectivity index (χ0) is 14.2. The van der Waals surface area contributed by atoms with Crippen molar-refractivity contribution in [3.63, 3.8) is 0 Å². The van der Waals surface area contributed by atoms with E-state index in [9.17, 15) is 0 Å². The smallest absolute Gasteiger partial charge is 0.0408 e. The molecule has 2 fully saturated rings. The van der Waals surface area contributed by atoms with E-state index in [1.807, 2.05) is 6.07 Å². The molecule has 1 aromatic carbocycles. The molecule has 20 heavy (non-hydrogen) atoms. The Bertz CT molecular complexity index is 468. The molecule has 1 aliphatic carbocycles. The molecule has 1 aliphatic heterocycles. The molecule has 1 heterocycles. The average Bonchev–Trinajstić information content (AvgIpc) is 2.45. The molecule has 1 saturated carbocycles. The second-order valence-corrected chi connectivity index (χ2v) is 7.39. The fourth-order valence-electron chi connectivity index (χ4n) is 4.76. The summed E-state index contributed by atoms with van der Waals surface area (Å²) < 4.78 is 0. The average molecular weight is 292 g/mol. The van der Waals surface area contributed by atoms with Crippen LogP contribution in [0.4, 0.5) is 0 Å². The minimum absolute atomic E-state index is 0.480. The predicted octanol–water partition coefficient (Wildman–Crippen LogP) is 4.86. The first-order chi connectivity index (χ1) is 9.63. The lowest BCUT2D eigenvalue weighted by Gasteiger charge is -2.53. The largest absolute Gasteiger partial charge is 0.316 e. The minimum atomic E-state index is 0.480. The molecule has 3 rings (SSSR count). The third kappa shape index (κ3) is 2.40. The van der Waals surface area contributed by atoms with Crippen LogP contribution in [0.25, 0.3) is 0 Å². The van der Waals surface area contributed by atoms with Crippen LogP contribution in [0.5, 0.6) is 0 Å². The first-order valence-electron chi connectivity index (χ1n) is 8.10. The molecule has 2 heteroatoms. The van der Waals surface area contributed by atoms with Crippen LogP contribution in [-0.4, -0.2) is 13.1 Å². The van der Waals surface area contributed by atoms with Crippen molar-refractivity contribution in [2.45, 2.75) is 45.4 Å². The van der Waals surface area contributed by atoms with E-state index in [1.165, 1.54) is 37.8 Å². The number of piperidine rings is 1. The zero-order valence-corrected chi connectivity index (χ0v) is 13.4. The second-order valence-electron chi connectivity index (χ2n) is 6.95. The lowest BCUT2D eigenvalue weighted by molar-refractivity contribution is 0.00903. The number of hydrogen-bond donors (Lipinski definition) is 1. The summed E-state index contributed by atoms with van der Waals surface area (Å²) in [5.41, 5.74) is 1.92. The highest BCUT2D eigenvalue weighted by molar-refractivity contribution is 6.30. The van der Waals surface area contributed by atoms with Gasteiger partial charge in [0.2, 0.25) is 0 Å². The summed E-state index contributed by atoms with van der Waals surface area (Å²) in [6, 6.07) is 8.56. The molecular weight excluding hydrogens is 266 g/mol. The number of halogens is 1. The molecule has 1 N–H and O–H groups in total. The first kappa shape index (κ1) is 14.4. The molecule has 110 valence electrons. The fraction of sp³-hybridized carbons (Fsp3) is 0.667. The minimum Gasteiger partial charge on any atom is -0.316 e. The summed E-state index contributed by atoms with van der Waals surface area (Å²) in [6.45, 7) is 7.22. The zero-order valence-electron chi connectivity index (χ0n) is 12.7. The number of nitrogens with one attached hydrogen (secondary N) is 1. The summed E-state index contributed by atoms with van der Waals surface area (Å²) in [5.74, 6) is 2.28. The summed E-state index contributed by atoms with van der Waals surface area (Å²) >= 11 is 6.24. The van der Waals surface area contributed by atoms with E-state index in [-0.39, 0.29) is 0 Å². The molecule has 0 amide bonds. The highest BCUT2D eigenvalue weighted by Crippen LogP contribution is 2.55. The Labute approximate surface area is 128 Å². The van der Waals surface area contributed by atoms with Crippen LogP contribution in [-0.2, 0) is 0 Å². The number of hydrogen-bond acceptors (Lipinski definition) is 1. The van der Waals surface area contributed by atoms with Gasteiger partial charge in [-0.15, -0.1) is 0 Å². The van der Waals surface area contributed by atoms with Gasteiger partial charge in [-0.05, 0) is 54.3 Å². The van der Waals surface area contributed by atoms with Gasteiger partial charge in [0.15, 0.2) is 0 Å². The van der Waals surface area contributed by atoms with E-state index in [1.54, 1.807) is 0 Å². The van der Waals surface area contributed by atoms with Crippen molar-refractivity contribution < 1.29 is 0 Å². The van der Waals surface area contributed by atoms with Crippen molar-refractivity contribution in [2.24, 2.45) is 17.3 Å². The first-order valence-corrected chi connectivity index (χ1v) is 8.47. The second kappa shape index (κ2) is 5.69. The summed E-state index contributed by atoms with van der Waals surface area (Å²) in [4.78, 5) is 0. The summed E-state index contributed by atoms with van der Waals surface area (Å²) in [7, 11) is 0. The lowest BCUT2D eigenvalue weighted by atomic mass is 9.53. The number of rotatable bonds is 1. The van der Waals surface area contributed by atoms with E-state index in [2.05, 4.69) is 37.4 Å². The molecule has 4 unspecified atom stereocenters. The van der Waals surface area contributed by atoms with Crippen LogP contribution in [0.15, 0.2) is 24.3 Å². The van der Waals surface area contributed by atoms with Crippen molar-refractivity contribution in [1.82, 2.24) is 5.32 Å². The van der Waals surface area contributed by atoms with E-state index < -0.39 is 0 Å². The van der Waals surface area contributed by atoms with Crippen LogP contribution in [0.2, 0.25) is 5.02 Å². The maximum absolute atomic E-state index is 6.24. The Balaban J connectivity index is 1.98. The highest BCUT2D eigenvalue weighted by Gasteiger charge is 2.48. The Morgan fingerprint density at radius 3 is 2.90 bits per heavy atom. The maximum Gasteiger partial charge on any atom is 0.0408 e. The molecule has 1 aromatic rings. The normalized spacial score (nSPS) is 38.0. The van der Waals surface area contributed by atoms with E-state index in [0.717, 1.165) is 23.4 Å². The van der Waals surface area contributed by atoms with Gasteiger partial charge >= 0.3 is 0 Å². The summed E-state index contributed by atoms with van der Waals surface area (Å²) in [5, 5.41) is 4.49. The van der Waals surface area contributed by atoms with Crippen LogP contribution >= 0.6 is 11.6 Å². The van der Waals surface area contributed by atoms with E-state index in [0.29, 0.717) is 11.3 Å². The third-order valence-electron chi connectivity index (χ3n) is 6.12. The molecular formula is C18H26ClN. The van der Waals surface area contributed by atoms with E-state index in [4.69, 9.17) is 11.6 Å². The molecule has 1 nitrogen and oxygen atoms in total. The molecule has 2 aliphatic rings. The molecule has 0 aromatic heterocycles. The van der Waals surface area contributed by atoms with Gasteiger partial charge in [0.05, 0.1) is 0 Å². The predicted molar refractivity (Wildman–Crippen MR) is 86.3 cm³/mol. The quantitative estimate of drug-likeness (QED) is 0.779. The number of benzene rings is 1. The maximum atomic E-state index is 6.24. The Kier molecular flexibility index (Phi) is 4.10. The molecule has 4 atom stereocenters. The SMILES string of the molecule is CC1CCCC2(CCNCC2c2cccc(Cl)c2)C1C. The van der Waals surface area contributed by atoms with Crippen molar-refractivity contribution in [2.75, 3.05) is 13.1 Å². The van der Waals surface area contributed by atoms with Crippen LogP contribution in [0.3, 0.4) is 0 Å². The van der Waals surface area contributed by atoms with Crippen molar-refractivity contribution in [3.8, 4) is 0 Å². The fourth-order valence-corrected chi connectivity index (χ4v) is 4.96. The molecule has 0 radical (unpaired) electrons. The van der Waals surface area contributed by atoms with Gasteiger partial charge < -0.3 is 5.32 Å². The monoisotopic (exact) mass is 291 g/mol. The Hall–Kier alpha value is -0.530. The van der Waals surface area contributed by atoms with Crippen molar-refractivity contribution in [3.05, 3.63) is 34.9 Å². The lowest BCUT2D eigenvalue weighted by Crippen LogP contribution is -2.50. The van der Waals surface area contributed by atoms with Gasteiger partial charge in [-0.1, -0.05) is 50.4 Å². The van der Waals surface area contributed by atoms with Crippen LogP contribution in [0, 0.1) is 17.3 Å². The van der Waals surface area contributed by atoms with Gasteiger partial charge in [0.1, 0.15) is 0 Å². The van der Waals surface area contributed by atoms with Crippen molar-refractivity contribution in [1.29, 1.82) is 0 Å². The van der Waals surface area contributed by atoms with Gasteiger partial charge in [0.25, 0.3) is 0 Å². The Morgan fingerprint density at radius 1 is 1.25 bits per heavy atom. The van der Waals surface area contributed by atoms with E-state index >= 15 is 0 Å².